The fourth-order valence-electron chi connectivity index (χ4n) is 6.17. The molecule has 0 saturated carbocycles. The molecule has 0 heterocycles. The van der Waals surface area contributed by atoms with Crippen LogP contribution in [0.2, 0.25) is 0 Å². The molecule has 0 N–H and O–H groups in total. The first-order chi connectivity index (χ1) is 17.9. The van der Waals surface area contributed by atoms with Gasteiger partial charge in [-0.05, 0) is 87.9 Å². The monoisotopic (exact) mass is 454 g/mol. The molecule has 0 spiro atoms. The van der Waals surface area contributed by atoms with E-state index in [4.69, 9.17) is 0 Å². The van der Waals surface area contributed by atoms with Crippen molar-refractivity contribution in [2.75, 3.05) is 0 Å². The molecule has 0 aromatic heterocycles. The normalized spacial score (nSPS) is 11.9. The minimum absolute atomic E-state index is 1.25. The fraction of sp³-hybridized carbons (Fsp3) is 0. The molecule has 0 bridgehead atoms. The van der Waals surface area contributed by atoms with Gasteiger partial charge in [0, 0.05) is 0 Å². The van der Waals surface area contributed by atoms with Gasteiger partial charge in [-0.3, -0.25) is 0 Å². The summed E-state index contributed by atoms with van der Waals surface area (Å²) in [6.07, 6.45) is 0. The molecule has 0 atom stereocenters. The van der Waals surface area contributed by atoms with Crippen LogP contribution in [0.25, 0.3) is 75.8 Å². The highest BCUT2D eigenvalue weighted by molar-refractivity contribution is 6.39. The van der Waals surface area contributed by atoms with E-state index in [1.165, 1.54) is 75.8 Å². The van der Waals surface area contributed by atoms with Gasteiger partial charge in [0.15, 0.2) is 0 Å². The lowest BCUT2D eigenvalue weighted by molar-refractivity contribution is 1.69. The Morgan fingerprint density at radius 2 is 0.667 bits per heavy atom. The third-order valence-corrected chi connectivity index (χ3v) is 7.79. The Kier molecular flexibility index (Phi) is 4.03. The lowest BCUT2D eigenvalue weighted by Crippen LogP contribution is -1.89. The van der Waals surface area contributed by atoms with Gasteiger partial charge in [-0.2, -0.15) is 0 Å². The largest absolute Gasteiger partial charge is 0.0616 e. The summed E-state index contributed by atoms with van der Waals surface area (Å²) in [5.41, 5.74) is 2.50. The maximum atomic E-state index is 2.41. The molecular weight excluding hydrogens is 432 g/mol. The van der Waals surface area contributed by atoms with Gasteiger partial charge in [0.2, 0.25) is 0 Å². The summed E-state index contributed by atoms with van der Waals surface area (Å²) in [5, 5.41) is 15.8. The van der Waals surface area contributed by atoms with Crippen molar-refractivity contribution in [2.24, 2.45) is 0 Å². The highest BCUT2D eigenvalue weighted by Crippen LogP contribution is 2.44. The van der Waals surface area contributed by atoms with E-state index in [0.717, 1.165) is 0 Å². The van der Waals surface area contributed by atoms with E-state index in [0.29, 0.717) is 0 Å². The highest BCUT2D eigenvalue weighted by Gasteiger charge is 2.16. The zero-order chi connectivity index (χ0) is 23.6. The molecule has 0 radical (unpaired) electrons. The van der Waals surface area contributed by atoms with Gasteiger partial charge in [-0.1, -0.05) is 121 Å². The van der Waals surface area contributed by atoms with Gasteiger partial charge in [-0.15, -0.1) is 0 Å². The highest BCUT2D eigenvalue weighted by atomic mass is 14.2. The summed E-state index contributed by atoms with van der Waals surface area (Å²) in [5.74, 6) is 0. The minimum Gasteiger partial charge on any atom is -0.0616 e. The van der Waals surface area contributed by atoms with Gasteiger partial charge in [-0.25, -0.2) is 0 Å². The number of rotatable bonds is 1. The van der Waals surface area contributed by atoms with Crippen LogP contribution >= 0.6 is 0 Å². The second-order valence-electron chi connectivity index (χ2n) is 9.71. The average molecular weight is 455 g/mol. The van der Waals surface area contributed by atoms with E-state index < -0.39 is 0 Å². The van der Waals surface area contributed by atoms with Crippen molar-refractivity contribution in [3.63, 3.8) is 0 Å². The average Bonchev–Trinajstić information content (AvgIpc) is 2.96. The Bertz CT molecular complexity index is 2130. The lowest BCUT2D eigenvalue weighted by Gasteiger charge is -2.17. The van der Waals surface area contributed by atoms with Crippen LogP contribution in [0.5, 0.6) is 0 Å². The van der Waals surface area contributed by atoms with Crippen LogP contribution in [0.1, 0.15) is 0 Å². The van der Waals surface area contributed by atoms with Gasteiger partial charge in [0.05, 0.1) is 0 Å². The molecule has 8 rings (SSSR count). The maximum absolute atomic E-state index is 2.41. The van der Waals surface area contributed by atoms with E-state index in [1.807, 2.05) is 0 Å². The third-order valence-electron chi connectivity index (χ3n) is 7.79. The van der Waals surface area contributed by atoms with Crippen molar-refractivity contribution in [3.8, 4) is 11.1 Å². The molecule has 8 aromatic rings. The molecule has 8 aromatic carbocycles. The molecule has 0 aliphatic rings. The molecule has 0 aliphatic carbocycles. The summed E-state index contributed by atoms with van der Waals surface area (Å²) in [6.45, 7) is 0. The topological polar surface area (TPSA) is 0 Å². The predicted molar refractivity (Wildman–Crippen MR) is 157 cm³/mol. The van der Waals surface area contributed by atoms with Gasteiger partial charge < -0.3 is 0 Å². The third kappa shape index (κ3) is 2.70. The summed E-state index contributed by atoms with van der Waals surface area (Å²) < 4.78 is 0. The predicted octanol–water partition coefficient (Wildman–Crippen LogP) is 10.3. The molecule has 0 unspecified atom stereocenters. The van der Waals surface area contributed by atoms with Crippen LogP contribution in [0.4, 0.5) is 0 Å². The van der Waals surface area contributed by atoms with Crippen LogP contribution in [0.15, 0.2) is 133 Å². The van der Waals surface area contributed by atoms with Crippen molar-refractivity contribution in [3.05, 3.63) is 133 Å². The van der Waals surface area contributed by atoms with Crippen LogP contribution in [-0.4, -0.2) is 0 Å². The van der Waals surface area contributed by atoms with E-state index in [-0.39, 0.29) is 0 Å². The standard InChI is InChI=1S/C36H22/c1-2-10-24-21-25(18-17-23(24)9-1)26-19-20-30-29-13-5-7-15-32(29)35-31-14-6-3-11-27(31)28-12-4-8-16-33(28)36(35)34(30)22-26/h1-22H. The summed E-state index contributed by atoms with van der Waals surface area (Å²) in [6, 6.07) is 49.1. The van der Waals surface area contributed by atoms with Crippen LogP contribution in [-0.2, 0) is 0 Å². The Hall–Kier alpha value is -4.68. The van der Waals surface area contributed by atoms with Crippen molar-refractivity contribution < 1.29 is 0 Å². The lowest BCUT2D eigenvalue weighted by atomic mass is 9.86. The van der Waals surface area contributed by atoms with E-state index >= 15 is 0 Å². The van der Waals surface area contributed by atoms with E-state index in [1.54, 1.807) is 0 Å². The second-order valence-corrected chi connectivity index (χ2v) is 9.71. The SMILES string of the molecule is c1ccc2cc(-c3ccc4c5ccccc5c5c6ccccc6c6ccccc6c5c4c3)ccc2c1. The first-order valence-electron chi connectivity index (χ1n) is 12.5. The molecule has 166 valence electrons. The molecule has 0 fully saturated rings. The maximum Gasteiger partial charge on any atom is -0.00137 e. The first-order valence-corrected chi connectivity index (χ1v) is 12.5. The Morgan fingerprint density at radius 3 is 1.28 bits per heavy atom. The summed E-state index contributed by atoms with van der Waals surface area (Å²) in [4.78, 5) is 0. The van der Waals surface area contributed by atoms with Crippen molar-refractivity contribution in [1.82, 2.24) is 0 Å². The number of hydrogen-bond acceptors (Lipinski definition) is 0. The number of hydrogen-bond donors (Lipinski definition) is 0. The molecule has 0 saturated heterocycles. The minimum atomic E-state index is 1.25. The van der Waals surface area contributed by atoms with Crippen molar-refractivity contribution in [1.29, 1.82) is 0 Å². The van der Waals surface area contributed by atoms with Crippen molar-refractivity contribution in [2.45, 2.75) is 0 Å². The van der Waals surface area contributed by atoms with Crippen LogP contribution < -0.4 is 0 Å². The molecular formula is C36H22. The Morgan fingerprint density at radius 1 is 0.250 bits per heavy atom. The Balaban J connectivity index is 1.60. The van der Waals surface area contributed by atoms with E-state index in [2.05, 4.69) is 133 Å². The van der Waals surface area contributed by atoms with Crippen LogP contribution in [0.3, 0.4) is 0 Å². The molecule has 0 heteroatoms. The van der Waals surface area contributed by atoms with Crippen LogP contribution in [0, 0.1) is 0 Å². The number of benzene rings is 8. The molecule has 0 aliphatic heterocycles. The number of fused-ring (bicyclic) bond motifs is 12. The first kappa shape index (κ1) is 19.6. The summed E-state index contributed by atoms with van der Waals surface area (Å²) in [7, 11) is 0. The summed E-state index contributed by atoms with van der Waals surface area (Å²) >= 11 is 0. The smallest absolute Gasteiger partial charge is 0.00137 e. The van der Waals surface area contributed by atoms with E-state index in [9.17, 15) is 0 Å². The quantitative estimate of drug-likeness (QED) is 0.216. The van der Waals surface area contributed by atoms with Gasteiger partial charge in [0.1, 0.15) is 0 Å². The zero-order valence-electron chi connectivity index (χ0n) is 19.7. The fourth-order valence-corrected chi connectivity index (χ4v) is 6.17. The second kappa shape index (κ2) is 7.41. The molecule has 0 nitrogen and oxygen atoms in total. The van der Waals surface area contributed by atoms with Crippen molar-refractivity contribution >= 4 is 64.6 Å². The van der Waals surface area contributed by atoms with Gasteiger partial charge in [0.25, 0.3) is 0 Å². The molecule has 0 amide bonds. The van der Waals surface area contributed by atoms with Gasteiger partial charge >= 0.3 is 0 Å². The zero-order valence-corrected chi connectivity index (χ0v) is 19.7. The Labute approximate surface area is 209 Å². The molecule has 36 heavy (non-hydrogen) atoms.